The summed E-state index contributed by atoms with van der Waals surface area (Å²) < 4.78 is 5.84. The van der Waals surface area contributed by atoms with Gasteiger partial charge in [-0.3, -0.25) is 0 Å². The van der Waals surface area contributed by atoms with Gasteiger partial charge < -0.3 is 10.1 Å². The first-order valence-corrected chi connectivity index (χ1v) is 6.59. The molecule has 15 heavy (non-hydrogen) atoms. The highest BCUT2D eigenvalue weighted by molar-refractivity contribution is 4.86. The molecule has 2 nitrogen and oxygen atoms in total. The predicted molar refractivity (Wildman–Crippen MR) is 63.0 cm³/mol. The maximum Gasteiger partial charge on any atom is 0.0666 e. The van der Waals surface area contributed by atoms with Crippen molar-refractivity contribution in [2.24, 2.45) is 5.92 Å². The molecule has 2 fully saturated rings. The first-order valence-electron chi connectivity index (χ1n) is 6.59. The van der Waals surface area contributed by atoms with E-state index in [-0.39, 0.29) is 5.60 Å². The molecule has 88 valence electrons. The highest BCUT2D eigenvalue weighted by Crippen LogP contribution is 2.32. The summed E-state index contributed by atoms with van der Waals surface area (Å²) in [6.45, 7) is 6.63. The van der Waals surface area contributed by atoms with E-state index in [1.54, 1.807) is 0 Å². The van der Waals surface area contributed by atoms with Crippen molar-refractivity contribution < 1.29 is 4.74 Å². The fourth-order valence-electron chi connectivity index (χ4n) is 2.45. The third kappa shape index (κ3) is 3.46. The minimum atomic E-state index is 0.134. The zero-order chi connectivity index (χ0) is 10.7. The average molecular weight is 211 g/mol. The fourth-order valence-corrected chi connectivity index (χ4v) is 2.45. The summed E-state index contributed by atoms with van der Waals surface area (Å²) in [5, 5.41) is 3.70. The Balaban J connectivity index is 1.67. The molecule has 0 amide bonds. The highest BCUT2D eigenvalue weighted by Gasteiger charge is 2.31. The van der Waals surface area contributed by atoms with Gasteiger partial charge in [-0.2, -0.15) is 0 Å². The van der Waals surface area contributed by atoms with E-state index in [1.807, 2.05) is 0 Å². The largest absolute Gasteiger partial charge is 0.375 e. The molecule has 2 heteroatoms. The molecule has 0 bridgehead atoms. The molecule has 0 spiro atoms. The summed E-state index contributed by atoms with van der Waals surface area (Å²) in [5.74, 6) is 1.05. The Kier molecular flexibility index (Phi) is 3.68. The zero-order valence-electron chi connectivity index (χ0n) is 10.2. The molecular weight excluding hydrogens is 186 g/mol. The van der Waals surface area contributed by atoms with E-state index in [0.717, 1.165) is 18.9 Å². The first kappa shape index (κ1) is 11.4. The SMILES string of the molecule is CCC1(C)CC(NCCC2CC2)CCO1. The Morgan fingerprint density at radius 3 is 2.80 bits per heavy atom. The second kappa shape index (κ2) is 4.84. The van der Waals surface area contributed by atoms with Crippen molar-refractivity contribution in [2.75, 3.05) is 13.2 Å². The Bertz CT molecular complexity index is 203. The van der Waals surface area contributed by atoms with E-state index in [0.29, 0.717) is 6.04 Å². The van der Waals surface area contributed by atoms with Crippen LogP contribution in [0.4, 0.5) is 0 Å². The molecule has 1 aliphatic heterocycles. The van der Waals surface area contributed by atoms with Crippen LogP contribution in [0.15, 0.2) is 0 Å². The molecule has 0 radical (unpaired) electrons. The van der Waals surface area contributed by atoms with Crippen molar-refractivity contribution in [2.45, 2.75) is 64.0 Å². The van der Waals surface area contributed by atoms with E-state index < -0.39 is 0 Å². The van der Waals surface area contributed by atoms with Crippen molar-refractivity contribution in [3.8, 4) is 0 Å². The van der Waals surface area contributed by atoms with Gasteiger partial charge in [0, 0.05) is 12.6 Å². The predicted octanol–water partition coefficient (Wildman–Crippen LogP) is 2.72. The third-order valence-corrected chi connectivity index (χ3v) is 4.03. The maximum atomic E-state index is 5.84. The van der Waals surface area contributed by atoms with Crippen LogP contribution in [0.2, 0.25) is 0 Å². The van der Waals surface area contributed by atoms with Crippen LogP contribution in [0.1, 0.15) is 52.4 Å². The molecule has 2 aliphatic rings. The van der Waals surface area contributed by atoms with Gasteiger partial charge in [0.05, 0.1) is 5.60 Å². The molecule has 1 aliphatic carbocycles. The molecule has 1 saturated heterocycles. The summed E-state index contributed by atoms with van der Waals surface area (Å²) >= 11 is 0. The Labute approximate surface area is 93.8 Å². The molecular formula is C13H25NO. The van der Waals surface area contributed by atoms with E-state index in [9.17, 15) is 0 Å². The Morgan fingerprint density at radius 2 is 2.13 bits per heavy atom. The van der Waals surface area contributed by atoms with Crippen LogP contribution in [0.5, 0.6) is 0 Å². The van der Waals surface area contributed by atoms with E-state index in [1.165, 1.54) is 38.6 Å². The summed E-state index contributed by atoms with van der Waals surface area (Å²) in [7, 11) is 0. The first-order chi connectivity index (χ1) is 7.22. The number of nitrogens with one attached hydrogen (secondary N) is 1. The molecule has 0 aromatic heterocycles. The molecule has 2 unspecified atom stereocenters. The lowest BCUT2D eigenvalue weighted by Gasteiger charge is -2.38. The van der Waals surface area contributed by atoms with Crippen LogP contribution in [-0.4, -0.2) is 24.8 Å². The summed E-state index contributed by atoms with van der Waals surface area (Å²) in [6, 6.07) is 0.697. The minimum Gasteiger partial charge on any atom is -0.375 e. The van der Waals surface area contributed by atoms with Gasteiger partial charge in [0.1, 0.15) is 0 Å². The van der Waals surface area contributed by atoms with Crippen LogP contribution < -0.4 is 5.32 Å². The standard InChI is InChI=1S/C13H25NO/c1-3-13(2)10-12(7-9-15-13)14-8-6-11-4-5-11/h11-12,14H,3-10H2,1-2H3. The fraction of sp³-hybridized carbons (Fsp3) is 1.00. The number of rotatable bonds is 5. The van der Waals surface area contributed by atoms with Crippen molar-refractivity contribution in [3.05, 3.63) is 0 Å². The molecule has 1 heterocycles. The third-order valence-electron chi connectivity index (χ3n) is 4.03. The van der Waals surface area contributed by atoms with Crippen molar-refractivity contribution in [3.63, 3.8) is 0 Å². The van der Waals surface area contributed by atoms with Crippen LogP contribution in [0.25, 0.3) is 0 Å². The Hall–Kier alpha value is -0.0800. The van der Waals surface area contributed by atoms with Gasteiger partial charge >= 0.3 is 0 Å². The van der Waals surface area contributed by atoms with Gasteiger partial charge in [-0.05, 0) is 45.1 Å². The van der Waals surface area contributed by atoms with Crippen LogP contribution in [-0.2, 0) is 4.74 Å². The van der Waals surface area contributed by atoms with Gasteiger partial charge in [-0.25, -0.2) is 0 Å². The minimum absolute atomic E-state index is 0.134. The lowest BCUT2D eigenvalue weighted by molar-refractivity contribution is -0.0778. The molecule has 1 N–H and O–H groups in total. The highest BCUT2D eigenvalue weighted by atomic mass is 16.5. The molecule has 2 rings (SSSR count). The molecule has 0 aromatic rings. The van der Waals surface area contributed by atoms with Crippen LogP contribution >= 0.6 is 0 Å². The monoisotopic (exact) mass is 211 g/mol. The average Bonchev–Trinajstić information content (AvgIpc) is 3.02. The summed E-state index contributed by atoms with van der Waals surface area (Å²) in [6.07, 6.45) is 7.85. The van der Waals surface area contributed by atoms with E-state index in [4.69, 9.17) is 4.74 Å². The van der Waals surface area contributed by atoms with Crippen LogP contribution in [0, 0.1) is 5.92 Å². The smallest absolute Gasteiger partial charge is 0.0666 e. The topological polar surface area (TPSA) is 21.3 Å². The van der Waals surface area contributed by atoms with Crippen molar-refractivity contribution in [1.82, 2.24) is 5.32 Å². The molecule has 2 atom stereocenters. The van der Waals surface area contributed by atoms with E-state index >= 15 is 0 Å². The summed E-state index contributed by atoms with van der Waals surface area (Å²) in [4.78, 5) is 0. The van der Waals surface area contributed by atoms with Gasteiger partial charge in [0.25, 0.3) is 0 Å². The second-order valence-corrected chi connectivity index (χ2v) is 5.53. The van der Waals surface area contributed by atoms with Gasteiger partial charge in [-0.15, -0.1) is 0 Å². The quantitative estimate of drug-likeness (QED) is 0.755. The summed E-state index contributed by atoms with van der Waals surface area (Å²) in [5.41, 5.74) is 0.134. The maximum absolute atomic E-state index is 5.84. The molecule has 0 aromatic carbocycles. The Morgan fingerprint density at radius 1 is 1.33 bits per heavy atom. The lowest BCUT2D eigenvalue weighted by Crippen LogP contribution is -2.45. The van der Waals surface area contributed by atoms with Gasteiger partial charge in [0.15, 0.2) is 0 Å². The number of ether oxygens (including phenoxy) is 1. The zero-order valence-corrected chi connectivity index (χ0v) is 10.2. The second-order valence-electron chi connectivity index (χ2n) is 5.53. The number of hydrogen-bond acceptors (Lipinski definition) is 2. The lowest BCUT2D eigenvalue weighted by atomic mass is 9.90. The van der Waals surface area contributed by atoms with Crippen LogP contribution in [0.3, 0.4) is 0 Å². The molecule has 1 saturated carbocycles. The van der Waals surface area contributed by atoms with E-state index in [2.05, 4.69) is 19.2 Å². The number of hydrogen-bond donors (Lipinski definition) is 1. The van der Waals surface area contributed by atoms with Gasteiger partial charge in [0.2, 0.25) is 0 Å². The normalized spacial score (nSPS) is 36.8. The van der Waals surface area contributed by atoms with Crippen molar-refractivity contribution >= 4 is 0 Å². The van der Waals surface area contributed by atoms with Gasteiger partial charge in [-0.1, -0.05) is 19.8 Å². The van der Waals surface area contributed by atoms with Crippen molar-refractivity contribution in [1.29, 1.82) is 0 Å².